The van der Waals surface area contributed by atoms with Crippen molar-refractivity contribution in [3.05, 3.63) is 40.6 Å². The third-order valence-corrected chi connectivity index (χ3v) is 3.35. The maximum absolute atomic E-state index is 11.9. The second-order valence-corrected chi connectivity index (χ2v) is 5.04. The number of carbonyl (C=O) groups excluding carboxylic acids is 1. The van der Waals surface area contributed by atoms with Crippen LogP contribution in [0, 0.1) is 5.92 Å². The highest BCUT2D eigenvalue weighted by Gasteiger charge is 2.12. The summed E-state index contributed by atoms with van der Waals surface area (Å²) >= 11 is 3.26. The van der Waals surface area contributed by atoms with Crippen molar-refractivity contribution >= 4 is 21.8 Å². The molecule has 4 heteroatoms. The van der Waals surface area contributed by atoms with Gasteiger partial charge in [0.05, 0.1) is 0 Å². The number of rotatable bonds is 3. The zero-order valence-electron chi connectivity index (χ0n) is 9.53. The van der Waals surface area contributed by atoms with Gasteiger partial charge in [-0.2, -0.15) is 0 Å². The summed E-state index contributed by atoms with van der Waals surface area (Å²) in [6.07, 6.45) is 9.39. The van der Waals surface area contributed by atoms with E-state index in [2.05, 4.69) is 38.4 Å². The fourth-order valence-electron chi connectivity index (χ4n) is 1.92. The largest absolute Gasteiger partial charge is 0.352 e. The predicted octanol–water partition coefficient (Wildman–Crippen LogP) is 2.93. The lowest BCUT2D eigenvalue weighted by molar-refractivity contribution is 0.0946. The Hall–Kier alpha value is -1.16. The van der Waals surface area contributed by atoms with Gasteiger partial charge in [0.1, 0.15) is 4.60 Å². The smallest absolute Gasteiger partial charge is 0.251 e. The van der Waals surface area contributed by atoms with E-state index in [-0.39, 0.29) is 5.91 Å². The SMILES string of the molecule is O=C(NCC1CC=CCC1)c1ccnc(Br)c1. The summed E-state index contributed by atoms with van der Waals surface area (Å²) in [5, 5.41) is 2.97. The van der Waals surface area contributed by atoms with Crippen LogP contribution in [0.2, 0.25) is 0 Å². The van der Waals surface area contributed by atoms with Crippen molar-refractivity contribution in [2.24, 2.45) is 5.92 Å². The van der Waals surface area contributed by atoms with Crippen LogP contribution in [0.5, 0.6) is 0 Å². The molecule has 1 aromatic heterocycles. The summed E-state index contributed by atoms with van der Waals surface area (Å²) in [5.74, 6) is 0.553. The highest BCUT2D eigenvalue weighted by atomic mass is 79.9. The van der Waals surface area contributed by atoms with Crippen LogP contribution in [-0.4, -0.2) is 17.4 Å². The van der Waals surface area contributed by atoms with Crippen molar-refractivity contribution in [2.45, 2.75) is 19.3 Å². The minimum Gasteiger partial charge on any atom is -0.352 e. The molecule has 90 valence electrons. The van der Waals surface area contributed by atoms with E-state index >= 15 is 0 Å². The second kappa shape index (κ2) is 5.96. The molecule has 1 aromatic rings. The van der Waals surface area contributed by atoms with Gasteiger partial charge in [-0.1, -0.05) is 12.2 Å². The van der Waals surface area contributed by atoms with Gasteiger partial charge in [0.15, 0.2) is 0 Å². The molecular weight excluding hydrogens is 280 g/mol. The van der Waals surface area contributed by atoms with Crippen molar-refractivity contribution in [2.75, 3.05) is 6.54 Å². The average molecular weight is 295 g/mol. The molecule has 0 bridgehead atoms. The molecule has 1 N–H and O–H groups in total. The minimum absolute atomic E-state index is 0.0253. The summed E-state index contributed by atoms with van der Waals surface area (Å²) in [6, 6.07) is 3.46. The molecule has 0 fully saturated rings. The third-order valence-electron chi connectivity index (χ3n) is 2.92. The van der Waals surface area contributed by atoms with Crippen LogP contribution in [0.4, 0.5) is 0 Å². The number of allylic oxidation sites excluding steroid dienone is 2. The molecule has 0 saturated heterocycles. The zero-order valence-corrected chi connectivity index (χ0v) is 11.1. The Balaban J connectivity index is 1.87. The Kier molecular flexibility index (Phi) is 4.31. The van der Waals surface area contributed by atoms with Crippen LogP contribution in [0.1, 0.15) is 29.6 Å². The van der Waals surface area contributed by atoms with Gasteiger partial charge in [-0.15, -0.1) is 0 Å². The molecule has 1 unspecified atom stereocenters. The number of nitrogens with one attached hydrogen (secondary N) is 1. The molecule has 1 atom stereocenters. The normalized spacial score (nSPS) is 19.0. The molecule has 1 heterocycles. The topological polar surface area (TPSA) is 42.0 Å². The van der Waals surface area contributed by atoms with E-state index in [1.165, 1.54) is 0 Å². The molecule has 1 amide bonds. The fourth-order valence-corrected chi connectivity index (χ4v) is 2.29. The Labute approximate surface area is 109 Å². The third kappa shape index (κ3) is 3.66. The van der Waals surface area contributed by atoms with E-state index in [4.69, 9.17) is 0 Å². The van der Waals surface area contributed by atoms with Crippen molar-refractivity contribution in [1.82, 2.24) is 10.3 Å². The Morgan fingerprint density at radius 1 is 1.53 bits per heavy atom. The lowest BCUT2D eigenvalue weighted by Gasteiger charge is -2.18. The summed E-state index contributed by atoms with van der Waals surface area (Å²) < 4.78 is 0.686. The fraction of sp³-hybridized carbons (Fsp3) is 0.385. The Morgan fingerprint density at radius 3 is 3.12 bits per heavy atom. The molecule has 1 aliphatic carbocycles. The molecule has 0 aromatic carbocycles. The molecule has 2 rings (SSSR count). The van der Waals surface area contributed by atoms with Crippen LogP contribution in [0.3, 0.4) is 0 Å². The van der Waals surface area contributed by atoms with Gasteiger partial charge in [-0.3, -0.25) is 4.79 Å². The van der Waals surface area contributed by atoms with Crippen LogP contribution >= 0.6 is 15.9 Å². The van der Waals surface area contributed by atoms with E-state index < -0.39 is 0 Å². The quantitative estimate of drug-likeness (QED) is 0.688. The van der Waals surface area contributed by atoms with Crippen LogP contribution < -0.4 is 5.32 Å². The molecule has 0 radical (unpaired) electrons. The Morgan fingerprint density at radius 2 is 2.41 bits per heavy atom. The van der Waals surface area contributed by atoms with Crippen molar-refractivity contribution in [1.29, 1.82) is 0 Å². The first-order valence-electron chi connectivity index (χ1n) is 5.80. The van der Waals surface area contributed by atoms with Crippen molar-refractivity contribution in [3.8, 4) is 0 Å². The summed E-state index contributed by atoms with van der Waals surface area (Å²) in [6.45, 7) is 0.753. The standard InChI is InChI=1S/C13H15BrN2O/c14-12-8-11(6-7-15-12)13(17)16-9-10-4-2-1-3-5-10/h1-2,6-8,10H,3-5,9H2,(H,16,17). The number of pyridine rings is 1. The summed E-state index contributed by atoms with van der Waals surface area (Å²) in [5.41, 5.74) is 0.651. The molecule has 17 heavy (non-hydrogen) atoms. The van der Waals surface area contributed by atoms with Crippen LogP contribution in [0.15, 0.2) is 35.1 Å². The van der Waals surface area contributed by atoms with Crippen molar-refractivity contribution < 1.29 is 4.79 Å². The van der Waals surface area contributed by atoms with E-state index in [1.54, 1.807) is 18.3 Å². The minimum atomic E-state index is -0.0253. The number of carbonyl (C=O) groups is 1. The molecule has 0 saturated carbocycles. The Bertz CT molecular complexity index is 431. The monoisotopic (exact) mass is 294 g/mol. The maximum atomic E-state index is 11.9. The van der Waals surface area contributed by atoms with Crippen LogP contribution in [-0.2, 0) is 0 Å². The number of amides is 1. The van der Waals surface area contributed by atoms with Gasteiger partial charge in [0.25, 0.3) is 5.91 Å². The molecular formula is C13H15BrN2O. The van der Waals surface area contributed by atoms with Gasteiger partial charge in [0.2, 0.25) is 0 Å². The van der Waals surface area contributed by atoms with E-state index in [9.17, 15) is 4.79 Å². The van der Waals surface area contributed by atoms with Crippen LogP contribution in [0.25, 0.3) is 0 Å². The lowest BCUT2D eigenvalue weighted by Crippen LogP contribution is -2.29. The molecule has 0 spiro atoms. The highest BCUT2D eigenvalue weighted by Crippen LogP contribution is 2.17. The van der Waals surface area contributed by atoms with E-state index in [0.717, 1.165) is 25.8 Å². The first kappa shape index (κ1) is 12.3. The average Bonchev–Trinajstić information content (AvgIpc) is 2.37. The first-order valence-corrected chi connectivity index (χ1v) is 6.60. The number of hydrogen-bond donors (Lipinski definition) is 1. The summed E-state index contributed by atoms with van der Waals surface area (Å²) in [4.78, 5) is 15.9. The zero-order chi connectivity index (χ0) is 12.1. The molecule has 3 nitrogen and oxygen atoms in total. The predicted molar refractivity (Wildman–Crippen MR) is 70.8 cm³/mol. The molecule has 0 aliphatic heterocycles. The van der Waals surface area contributed by atoms with Gasteiger partial charge in [-0.05, 0) is 53.2 Å². The number of hydrogen-bond acceptors (Lipinski definition) is 2. The number of nitrogens with zero attached hydrogens (tertiary/aromatic N) is 1. The van der Waals surface area contributed by atoms with Gasteiger partial charge in [-0.25, -0.2) is 4.98 Å². The summed E-state index contributed by atoms with van der Waals surface area (Å²) in [7, 11) is 0. The van der Waals surface area contributed by atoms with Gasteiger partial charge >= 0.3 is 0 Å². The van der Waals surface area contributed by atoms with Crippen molar-refractivity contribution in [3.63, 3.8) is 0 Å². The number of aromatic nitrogens is 1. The molecule has 1 aliphatic rings. The second-order valence-electron chi connectivity index (χ2n) is 4.23. The number of halogens is 1. The lowest BCUT2D eigenvalue weighted by atomic mass is 9.94. The highest BCUT2D eigenvalue weighted by molar-refractivity contribution is 9.10. The van der Waals surface area contributed by atoms with E-state index in [1.807, 2.05) is 0 Å². The first-order chi connectivity index (χ1) is 8.25. The van der Waals surface area contributed by atoms with Gasteiger partial charge < -0.3 is 5.32 Å². The maximum Gasteiger partial charge on any atom is 0.251 e. The van der Waals surface area contributed by atoms with Gasteiger partial charge in [0, 0.05) is 18.3 Å². The van der Waals surface area contributed by atoms with E-state index in [0.29, 0.717) is 16.1 Å².